The summed E-state index contributed by atoms with van der Waals surface area (Å²) < 4.78 is 34.3. The van der Waals surface area contributed by atoms with Gasteiger partial charge < -0.3 is 9.52 Å². The number of rotatable bonds is 5. The second-order valence-electron chi connectivity index (χ2n) is 5.14. The largest absolute Gasteiger partial charge is 0.441 e. The summed E-state index contributed by atoms with van der Waals surface area (Å²) in [6.45, 7) is 2.11. The molecule has 23 heavy (non-hydrogen) atoms. The van der Waals surface area contributed by atoms with E-state index in [1.54, 1.807) is 24.0 Å². The molecule has 7 heteroatoms. The lowest BCUT2D eigenvalue weighted by molar-refractivity contribution is 0.299. The Kier molecular flexibility index (Phi) is 4.20. The van der Waals surface area contributed by atoms with Gasteiger partial charge in [-0.15, -0.1) is 0 Å². The maximum atomic E-state index is 13.8. The lowest BCUT2D eigenvalue weighted by Crippen LogP contribution is -2.02. The maximum absolute atomic E-state index is 13.8. The third-order valence-electron chi connectivity index (χ3n) is 3.47. The molecule has 0 radical (unpaired) electrons. The predicted molar refractivity (Wildman–Crippen MR) is 78.7 cm³/mol. The second kappa shape index (κ2) is 6.29. The average Bonchev–Trinajstić information content (AvgIpc) is 3.10. The fourth-order valence-electron chi connectivity index (χ4n) is 2.26. The molecule has 5 nitrogen and oxygen atoms in total. The highest BCUT2D eigenvalue weighted by Gasteiger charge is 2.17. The molecule has 3 aromatic rings. The lowest BCUT2D eigenvalue weighted by atomic mass is 10.2. The van der Waals surface area contributed by atoms with E-state index in [-0.39, 0.29) is 18.1 Å². The van der Waals surface area contributed by atoms with Crippen molar-refractivity contribution in [1.29, 1.82) is 0 Å². The highest BCUT2D eigenvalue weighted by atomic mass is 19.2. The molecule has 3 rings (SSSR count). The molecule has 0 spiro atoms. The maximum Gasteiger partial charge on any atom is 0.229 e. The number of nitrogens with zero attached hydrogens (tertiary/aromatic N) is 3. The van der Waals surface area contributed by atoms with Crippen LogP contribution in [0.3, 0.4) is 0 Å². The number of aliphatic hydroxyl groups excluding tert-OH is 1. The number of halogens is 2. The van der Waals surface area contributed by atoms with Crippen molar-refractivity contribution in [1.82, 2.24) is 14.8 Å². The van der Waals surface area contributed by atoms with Gasteiger partial charge in [0.15, 0.2) is 11.6 Å². The van der Waals surface area contributed by atoms with Gasteiger partial charge in [0.05, 0.1) is 18.3 Å². The standard InChI is InChI=1S/C16H15F2N3O2/c1-10-14(9-21-8-11(5-6-22)7-19-21)20-16(23-10)12-3-2-4-13(17)15(12)18/h2-4,7-8,22H,5-6,9H2,1H3. The Labute approximate surface area is 131 Å². The number of aromatic nitrogens is 3. The van der Waals surface area contributed by atoms with Crippen LogP contribution >= 0.6 is 0 Å². The first kappa shape index (κ1) is 15.4. The van der Waals surface area contributed by atoms with Crippen molar-refractivity contribution in [3.8, 4) is 11.5 Å². The van der Waals surface area contributed by atoms with Crippen molar-refractivity contribution < 1.29 is 18.3 Å². The van der Waals surface area contributed by atoms with E-state index >= 15 is 0 Å². The molecule has 0 aliphatic rings. The van der Waals surface area contributed by atoms with Gasteiger partial charge in [0.25, 0.3) is 0 Å². The minimum Gasteiger partial charge on any atom is -0.441 e. The average molecular weight is 319 g/mol. The van der Waals surface area contributed by atoms with Crippen LogP contribution in [0, 0.1) is 18.6 Å². The second-order valence-corrected chi connectivity index (χ2v) is 5.14. The fraction of sp³-hybridized carbons (Fsp3) is 0.250. The summed E-state index contributed by atoms with van der Waals surface area (Å²) in [7, 11) is 0. The third-order valence-corrected chi connectivity index (χ3v) is 3.47. The van der Waals surface area contributed by atoms with Gasteiger partial charge in [0.2, 0.25) is 5.89 Å². The lowest BCUT2D eigenvalue weighted by Gasteiger charge is -1.98. The first-order valence-corrected chi connectivity index (χ1v) is 7.11. The number of aryl methyl sites for hydroxylation is 1. The molecule has 0 aliphatic carbocycles. The van der Waals surface area contributed by atoms with Crippen molar-refractivity contribution in [2.45, 2.75) is 19.9 Å². The van der Waals surface area contributed by atoms with E-state index in [1.165, 1.54) is 12.1 Å². The topological polar surface area (TPSA) is 64.1 Å². The van der Waals surface area contributed by atoms with Crippen LogP contribution in [0.1, 0.15) is 17.0 Å². The molecular weight excluding hydrogens is 304 g/mol. The van der Waals surface area contributed by atoms with E-state index in [4.69, 9.17) is 9.52 Å². The zero-order valence-electron chi connectivity index (χ0n) is 12.5. The third kappa shape index (κ3) is 3.14. The first-order chi connectivity index (χ1) is 11.1. The van der Waals surface area contributed by atoms with Gasteiger partial charge in [-0.25, -0.2) is 13.8 Å². The van der Waals surface area contributed by atoms with E-state index in [0.29, 0.717) is 24.4 Å². The van der Waals surface area contributed by atoms with E-state index < -0.39 is 11.6 Å². The van der Waals surface area contributed by atoms with Gasteiger partial charge in [0.1, 0.15) is 11.5 Å². The summed E-state index contributed by atoms with van der Waals surface area (Å²) in [5, 5.41) is 13.1. The Bertz CT molecular complexity index is 827. The monoisotopic (exact) mass is 319 g/mol. The molecule has 0 unspecified atom stereocenters. The van der Waals surface area contributed by atoms with Crippen LogP contribution in [0.25, 0.3) is 11.5 Å². The van der Waals surface area contributed by atoms with Gasteiger partial charge in [0, 0.05) is 12.8 Å². The number of aliphatic hydroxyl groups is 1. The summed E-state index contributed by atoms with van der Waals surface area (Å²) in [4.78, 5) is 4.25. The van der Waals surface area contributed by atoms with Crippen LogP contribution in [0.15, 0.2) is 35.0 Å². The number of oxazole rings is 1. The molecule has 1 aromatic carbocycles. The van der Waals surface area contributed by atoms with Crippen molar-refractivity contribution >= 4 is 0 Å². The summed E-state index contributed by atoms with van der Waals surface area (Å²) in [6, 6.07) is 3.87. The molecule has 2 heterocycles. The Hall–Kier alpha value is -2.54. The molecule has 0 aliphatic heterocycles. The van der Waals surface area contributed by atoms with E-state index in [0.717, 1.165) is 11.6 Å². The van der Waals surface area contributed by atoms with Crippen LogP contribution in [0.4, 0.5) is 8.78 Å². The summed E-state index contributed by atoms with van der Waals surface area (Å²) in [6.07, 6.45) is 3.99. The molecule has 120 valence electrons. The van der Waals surface area contributed by atoms with Gasteiger partial charge in [-0.1, -0.05) is 6.07 Å². The molecular formula is C16H15F2N3O2. The molecule has 0 saturated carbocycles. The quantitative estimate of drug-likeness (QED) is 0.785. The Balaban J connectivity index is 1.87. The number of hydrogen-bond acceptors (Lipinski definition) is 4. The van der Waals surface area contributed by atoms with E-state index in [1.807, 2.05) is 0 Å². The van der Waals surface area contributed by atoms with Gasteiger partial charge >= 0.3 is 0 Å². The minimum atomic E-state index is -0.982. The molecule has 0 saturated heterocycles. The van der Waals surface area contributed by atoms with Gasteiger partial charge in [-0.3, -0.25) is 4.68 Å². The van der Waals surface area contributed by atoms with Gasteiger partial charge in [-0.2, -0.15) is 5.10 Å². The Morgan fingerprint density at radius 2 is 2.13 bits per heavy atom. The van der Waals surface area contributed by atoms with Crippen molar-refractivity contribution in [2.24, 2.45) is 0 Å². The molecule has 0 bridgehead atoms. The molecule has 0 atom stereocenters. The van der Waals surface area contributed by atoms with Crippen molar-refractivity contribution in [3.05, 3.63) is 59.2 Å². The van der Waals surface area contributed by atoms with Crippen molar-refractivity contribution in [2.75, 3.05) is 6.61 Å². The molecule has 0 amide bonds. The SMILES string of the molecule is Cc1oc(-c2cccc(F)c2F)nc1Cn1cc(CCO)cn1. The Morgan fingerprint density at radius 3 is 2.91 bits per heavy atom. The van der Waals surface area contributed by atoms with Crippen molar-refractivity contribution in [3.63, 3.8) is 0 Å². The van der Waals surface area contributed by atoms with E-state index in [9.17, 15) is 8.78 Å². The first-order valence-electron chi connectivity index (χ1n) is 7.11. The molecule has 2 aromatic heterocycles. The van der Waals surface area contributed by atoms with E-state index in [2.05, 4.69) is 10.1 Å². The molecule has 0 fully saturated rings. The van der Waals surface area contributed by atoms with Crippen LogP contribution in [0.2, 0.25) is 0 Å². The highest BCUT2D eigenvalue weighted by molar-refractivity contribution is 5.54. The van der Waals surface area contributed by atoms with Gasteiger partial charge in [-0.05, 0) is 31.0 Å². The summed E-state index contributed by atoms with van der Waals surface area (Å²) in [5.41, 5.74) is 1.48. The Morgan fingerprint density at radius 1 is 1.30 bits per heavy atom. The van der Waals surface area contributed by atoms with Crippen LogP contribution in [-0.2, 0) is 13.0 Å². The van der Waals surface area contributed by atoms with Crippen LogP contribution < -0.4 is 0 Å². The zero-order chi connectivity index (χ0) is 16.4. The van der Waals surface area contributed by atoms with Crippen LogP contribution in [-0.4, -0.2) is 26.5 Å². The summed E-state index contributed by atoms with van der Waals surface area (Å²) in [5.74, 6) is -1.37. The zero-order valence-corrected chi connectivity index (χ0v) is 12.5. The number of hydrogen-bond donors (Lipinski definition) is 1. The normalized spacial score (nSPS) is 11.1. The predicted octanol–water partition coefficient (Wildman–Crippen LogP) is 2.71. The fourth-order valence-corrected chi connectivity index (χ4v) is 2.26. The number of benzene rings is 1. The smallest absolute Gasteiger partial charge is 0.229 e. The molecule has 1 N–H and O–H groups in total. The minimum absolute atomic E-state index is 0.0132. The highest BCUT2D eigenvalue weighted by Crippen LogP contribution is 2.26. The van der Waals surface area contributed by atoms with Crippen LogP contribution in [0.5, 0.6) is 0 Å². The summed E-state index contributed by atoms with van der Waals surface area (Å²) >= 11 is 0.